The SMILES string of the molecule is C=C=C=C=C=C=C=C=C=C=C=C=C=C=CC(=O)OCC(COP(=O)(O)OCCNC(=O)CCC(=O)NCCOCCOCCOCCN)OC(=O)CCCCCCCCCCCCCCC. The first-order chi connectivity index (χ1) is 32.1. The maximum Gasteiger partial charge on any atom is 0.472 e. The highest BCUT2D eigenvalue weighted by molar-refractivity contribution is 7.47. The van der Waals surface area contributed by atoms with Gasteiger partial charge < -0.3 is 44.9 Å². The van der Waals surface area contributed by atoms with Crippen LogP contribution in [0.2, 0.25) is 0 Å². The first-order valence-electron chi connectivity index (χ1n) is 22.4. The maximum absolute atomic E-state index is 12.7. The van der Waals surface area contributed by atoms with Crippen LogP contribution in [0.3, 0.4) is 0 Å². The number of hydrogen-bond acceptors (Lipinski definition) is 13. The molecule has 0 saturated heterocycles. The van der Waals surface area contributed by atoms with Gasteiger partial charge in [0.25, 0.3) is 0 Å². The van der Waals surface area contributed by atoms with Crippen LogP contribution in [0.5, 0.6) is 0 Å². The third-order valence-corrected chi connectivity index (χ3v) is 9.41. The summed E-state index contributed by atoms with van der Waals surface area (Å²) in [5.74, 6) is -2.32. The molecule has 16 nitrogen and oxygen atoms in total. The predicted molar refractivity (Wildman–Crippen MR) is 246 cm³/mol. The molecule has 0 aromatic rings. The van der Waals surface area contributed by atoms with Gasteiger partial charge in [0.15, 0.2) is 6.10 Å². The quantitative estimate of drug-likeness (QED) is 0.0175. The van der Waals surface area contributed by atoms with Crippen molar-refractivity contribution in [3.05, 3.63) is 87.2 Å². The summed E-state index contributed by atoms with van der Waals surface area (Å²) in [5.41, 5.74) is 37.0. The smallest absolute Gasteiger partial charge is 0.458 e. The summed E-state index contributed by atoms with van der Waals surface area (Å²) in [6, 6.07) is 0. The zero-order valence-corrected chi connectivity index (χ0v) is 39.4. The molecule has 362 valence electrons. The molecule has 0 rings (SSSR count). The second kappa shape index (κ2) is 46.2. The van der Waals surface area contributed by atoms with Crippen LogP contribution in [-0.4, -0.2) is 114 Å². The van der Waals surface area contributed by atoms with Crippen LogP contribution in [-0.2, 0) is 56.5 Å². The Bertz CT molecular complexity index is 1970. The van der Waals surface area contributed by atoms with E-state index in [2.05, 4.69) is 98.6 Å². The number of unbranched alkanes of at least 4 members (excludes halogenated alkanes) is 12. The van der Waals surface area contributed by atoms with Gasteiger partial charge in [-0.1, -0.05) is 95.4 Å². The molecule has 0 spiro atoms. The number of ether oxygens (including phenoxy) is 5. The Morgan fingerprint density at radius 2 is 1.08 bits per heavy atom. The summed E-state index contributed by atoms with van der Waals surface area (Å²) in [4.78, 5) is 59.5. The van der Waals surface area contributed by atoms with Gasteiger partial charge in [0, 0.05) is 38.9 Å². The highest BCUT2D eigenvalue weighted by atomic mass is 31.2. The van der Waals surface area contributed by atoms with Crippen molar-refractivity contribution >= 4 is 31.6 Å². The molecule has 0 aliphatic carbocycles. The van der Waals surface area contributed by atoms with E-state index in [1.807, 2.05) is 0 Å². The standard InChI is InChI=1S/C49H68N3O13P/c1-3-5-7-9-11-13-15-17-19-21-23-25-27-29-48(55)62-43-45(65-49(56)30-28-26-24-22-20-18-16-14-12-10-8-6-4-2)44-64-66(57,58)63-38-35-52-47(54)32-31-46(53)51-34-37-60-40-42-61-41-39-59-36-33-50/h29,45H,1,4,6,8,10,12,14,16,18,20,22,24,26,28,30-44,50H2,2H3,(H,51,53)(H,52,54)(H,57,58). The van der Waals surface area contributed by atoms with Crippen molar-refractivity contribution < 1.29 is 61.4 Å². The number of amides is 2. The minimum Gasteiger partial charge on any atom is -0.458 e. The third-order valence-electron chi connectivity index (χ3n) is 8.43. The van der Waals surface area contributed by atoms with Crippen molar-refractivity contribution in [2.45, 2.75) is 116 Å². The number of carbonyl (C=O) groups excluding carboxylic acids is 4. The maximum atomic E-state index is 12.7. The normalized spacial score (nSPS) is 11.1. The minimum absolute atomic E-state index is 0.0848. The second-order valence-electron chi connectivity index (χ2n) is 14.0. The molecular weight excluding hydrogens is 870 g/mol. The molecule has 0 aromatic carbocycles. The van der Waals surface area contributed by atoms with Crippen LogP contribution in [0.1, 0.15) is 110 Å². The summed E-state index contributed by atoms with van der Waals surface area (Å²) >= 11 is 0. The number of hydrogen-bond donors (Lipinski definition) is 4. The number of nitrogens with two attached hydrogens (primary N) is 1. The van der Waals surface area contributed by atoms with E-state index in [1.165, 1.54) is 51.4 Å². The Morgan fingerprint density at radius 3 is 1.61 bits per heavy atom. The lowest BCUT2D eigenvalue weighted by molar-refractivity contribution is -0.159. The predicted octanol–water partition coefficient (Wildman–Crippen LogP) is 6.28. The number of carbonyl (C=O) groups is 4. The Morgan fingerprint density at radius 1 is 0.606 bits per heavy atom. The molecular formula is C49H68N3O13P. The number of phosphoric ester groups is 1. The first kappa shape index (κ1) is 60.7. The highest BCUT2D eigenvalue weighted by Gasteiger charge is 2.26. The summed E-state index contributed by atoms with van der Waals surface area (Å²) < 4.78 is 49.1. The average Bonchev–Trinajstić information content (AvgIpc) is 3.30. The second-order valence-corrected chi connectivity index (χ2v) is 15.5. The van der Waals surface area contributed by atoms with Crippen molar-refractivity contribution in [3.8, 4) is 0 Å². The molecule has 2 atom stereocenters. The molecule has 0 aromatic heterocycles. The molecule has 5 N–H and O–H groups in total. The summed E-state index contributed by atoms with van der Waals surface area (Å²) in [5, 5.41) is 5.13. The molecule has 0 aliphatic rings. The fraction of sp³-hybridized carbons (Fsp3) is 0.612. The molecule has 0 radical (unpaired) electrons. The highest BCUT2D eigenvalue weighted by Crippen LogP contribution is 2.43. The number of esters is 2. The van der Waals surface area contributed by atoms with Gasteiger partial charge in [-0.25, -0.2) is 9.36 Å². The van der Waals surface area contributed by atoms with Gasteiger partial charge in [-0.3, -0.25) is 23.4 Å². The zero-order valence-electron chi connectivity index (χ0n) is 38.5. The lowest BCUT2D eigenvalue weighted by Gasteiger charge is -2.19. The van der Waals surface area contributed by atoms with Gasteiger partial charge in [-0.15, -0.1) is 0 Å². The van der Waals surface area contributed by atoms with Crippen molar-refractivity contribution in [3.63, 3.8) is 0 Å². The van der Waals surface area contributed by atoms with E-state index in [0.29, 0.717) is 46.0 Å². The van der Waals surface area contributed by atoms with E-state index in [-0.39, 0.29) is 44.9 Å². The first-order valence-corrected chi connectivity index (χ1v) is 23.9. The van der Waals surface area contributed by atoms with E-state index in [1.54, 1.807) is 0 Å². The van der Waals surface area contributed by atoms with Crippen LogP contribution in [0, 0.1) is 0 Å². The molecule has 0 fully saturated rings. The van der Waals surface area contributed by atoms with Crippen LogP contribution in [0.4, 0.5) is 0 Å². The monoisotopic (exact) mass is 937 g/mol. The van der Waals surface area contributed by atoms with Gasteiger partial charge in [0.1, 0.15) is 6.61 Å². The average molecular weight is 938 g/mol. The summed E-state index contributed by atoms with van der Waals surface area (Å²) in [7, 11) is -4.71. The van der Waals surface area contributed by atoms with Gasteiger partial charge >= 0.3 is 19.8 Å². The van der Waals surface area contributed by atoms with Crippen LogP contribution in [0.15, 0.2) is 87.2 Å². The van der Waals surface area contributed by atoms with Crippen LogP contribution in [0.25, 0.3) is 0 Å². The van der Waals surface area contributed by atoms with Crippen molar-refractivity contribution in [1.29, 1.82) is 0 Å². The van der Waals surface area contributed by atoms with Crippen LogP contribution >= 0.6 is 7.82 Å². The van der Waals surface area contributed by atoms with E-state index in [9.17, 15) is 28.6 Å². The third kappa shape index (κ3) is 45.3. The lowest BCUT2D eigenvalue weighted by Crippen LogP contribution is -2.31. The fourth-order valence-electron chi connectivity index (χ4n) is 5.18. The van der Waals surface area contributed by atoms with Gasteiger partial charge in [0.05, 0.1) is 58.9 Å². The number of phosphoric acid groups is 1. The zero-order chi connectivity index (χ0) is 48.4. The minimum atomic E-state index is -4.71. The Labute approximate surface area is 390 Å². The van der Waals surface area contributed by atoms with E-state index < -0.39 is 51.6 Å². The van der Waals surface area contributed by atoms with Crippen molar-refractivity contribution in [2.24, 2.45) is 5.73 Å². The van der Waals surface area contributed by atoms with E-state index >= 15 is 0 Å². The topological polar surface area (TPSA) is 220 Å². The summed E-state index contributed by atoms with van der Waals surface area (Å²) in [6.45, 7) is 6.84. The molecule has 0 aliphatic heterocycles. The van der Waals surface area contributed by atoms with Gasteiger partial charge in [0.2, 0.25) is 11.8 Å². The lowest BCUT2D eigenvalue weighted by atomic mass is 10.0. The molecule has 2 amide bonds. The molecule has 2 unspecified atom stereocenters. The number of nitrogens with one attached hydrogen (secondary N) is 2. The Balaban J connectivity index is 4.95. The van der Waals surface area contributed by atoms with Gasteiger partial charge in [-0.05, 0) is 76.0 Å². The Kier molecular flexibility index (Phi) is 42.5. The number of rotatable bonds is 39. The largest absolute Gasteiger partial charge is 0.472 e. The van der Waals surface area contributed by atoms with E-state index in [0.717, 1.165) is 31.8 Å². The fourth-order valence-corrected chi connectivity index (χ4v) is 5.93. The molecule has 66 heavy (non-hydrogen) atoms. The molecule has 0 heterocycles. The van der Waals surface area contributed by atoms with Crippen molar-refractivity contribution in [1.82, 2.24) is 10.6 Å². The molecule has 0 bridgehead atoms. The molecule has 0 saturated carbocycles. The van der Waals surface area contributed by atoms with Crippen molar-refractivity contribution in [2.75, 3.05) is 79.1 Å². The summed E-state index contributed by atoms with van der Waals surface area (Å²) in [6.07, 6.45) is 14.4. The molecule has 17 heteroatoms. The van der Waals surface area contributed by atoms with Crippen LogP contribution < -0.4 is 16.4 Å². The Hall–Kier alpha value is -5.29. The van der Waals surface area contributed by atoms with Gasteiger partial charge in [-0.2, -0.15) is 0 Å². The van der Waals surface area contributed by atoms with E-state index in [4.69, 9.17) is 38.5 Å².